The largest absolute Gasteiger partial charge is 0.376 e. The molecule has 110 valence electrons. The lowest BCUT2D eigenvalue weighted by molar-refractivity contribution is -0.384. The molecule has 2 atom stereocenters. The fourth-order valence-corrected chi connectivity index (χ4v) is 3.05. The predicted molar refractivity (Wildman–Crippen MR) is 77.7 cm³/mol. The molecule has 1 aliphatic rings. The molecule has 1 aromatic carbocycles. The number of nitrogens with one attached hydrogen (secondary N) is 1. The summed E-state index contributed by atoms with van der Waals surface area (Å²) in [5.41, 5.74) is 0.0547. The molecule has 2 rings (SSSR count). The summed E-state index contributed by atoms with van der Waals surface area (Å²) < 4.78 is 13.6. The molecule has 1 aromatic rings. The third kappa shape index (κ3) is 3.20. The van der Waals surface area contributed by atoms with Gasteiger partial charge in [0.25, 0.3) is 5.69 Å². The number of nitro groups is 1. The first-order chi connectivity index (χ1) is 9.52. The van der Waals surface area contributed by atoms with Crippen molar-refractivity contribution >= 4 is 23.0 Å². The van der Waals surface area contributed by atoms with E-state index in [4.69, 9.17) is 11.6 Å². The zero-order valence-corrected chi connectivity index (χ0v) is 12.1. The zero-order chi connectivity index (χ0) is 14.7. The number of benzene rings is 1. The van der Waals surface area contributed by atoms with Crippen molar-refractivity contribution in [2.45, 2.75) is 45.1 Å². The number of hydrogen-bond acceptors (Lipinski definition) is 3. The van der Waals surface area contributed by atoms with Crippen molar-refractivity contribution < 1.29 is 9.31 Å². The molecule has 0 bridgehead atoms. The van der Waals surface area contributed by atoms with E-state index in [9.17, 15) is 14.5 Å². The first-order valence-corrected chi connectivity index (χ1v) is 7.30. The Labute approximate surface area is 122 Å². The van der Waals surface area contributed by atoms with Gasteiger partial charge >= 0.3 is 0 Å². The van der Waals surface area contributed by atoms with E-state index < -0.39 is 10.7 Å². The number of anilines is 1. The van der Waals surface area contributed by atoms with Crippen molar-refractivity contribution in [2.24, 2.45) is 5.92 Å². The highest BCUT2D eigenvalue weighted by Gasteiger charge is 2.26. The van der Waals surface area contributed by atoms with Gasteiger partial charge in [-0.1, -0.05) is 37.8 Å². The summed E-state index contributed by atoms with van der Waals surface area (Å²) in [6.07, 6.45) is 5.37. The van der Waals surface area contributed by atoms with E-state index in [1.54, 1.807) is 0 Å². The predicted octanol–water partition coefficient (Wildman–Crippen LogP) is 4.77. The van der Waals surface area contributed by atoms with Crippen LogP contribution in [-0.2, 0) is 0 Å². The average molecular weight is 301 g/mol. The van der Waals surface area contributed by atoms with Gasteiger partial charge in [-0.3, -0.25) is 10.1 Å². The summed E-state index contributed by atoms with van der Waals surface area (Å²) in [4.78, 5) is 10.5. The standard InChI is InChI=1S/C14H18ClFN2O2/c1-2-9-5-3-4-6-12(9)17-13-8-11(16)10(15)7-14(13)18(19)20/h7-9,12,17H,2-6H2,1H3. The van der Waals surface area contributed by atoms with Gasteiger partial charge < -0.3 is 5.32 Å². The van der Waals surface area contributed by atoms with Gasteiger partial charge in [0.1, 0.15) is 11.5 Å². The van der Waals surface area contributed by atoms with Crippen LogP contribution in [-0.4, -0.2) is 11.0 Å². The quantitative estimate of drug-likeness (QED) is 0.644. The van der Waals surface area contributed by atoms with E-state index in [0.717, 1.165) is 37.8 Å². The van der Waals surface area contributed by atoms with E-state index in [0.29, 0.717) is 5.92 Å². The molecule has 20 heavy (non-hydrogen) atoms. The lowest BCUT2D eigenvalue weighted by Crippen LogP contribution is -2.32. The molecule has 2 unspecified atom stereocenters. The maximum Gasteiger partial charge on any atom is 0.294 e. The first-order valence-electron chi connectivity index (χ1n) is 6.93. The number of rotatable bonds is 4. The summed E-state index contributed by atoms with van der Waals surface area (Å²) in [6, 6.07) is 2.36. The Hall–Kier alpha value is -1.36. The Kier molecular flexibility index (Phi) is 4.81. The average Bonchev–Trinajstić information content (AvgIpc) is 2.43. The van der Waals surface area contributed by atoms with Crippen molar-refractivity contribution in [3.63, 3.8) is 0 Å². The van der Waals surface area contributed by atoms with Crippen LogP contribution in [0.15, 0.2) is 12.1 Å². The minimum atomic E-state index is -0.636. The molecule has 0 heterocycles. The van der Waals surface area contributed by atoms with Crippen LogP contribution in [0.3, 0.4) is 0 Å². The summed E-state index contributed by atoms with van der Waals surface area (Å²) in [7, 11) is 0. The van der Waals surface area contributed by atoms with Crippen LogP contribution < -0.4 is 5.32 Å². The Morgan fingerprint density at radius 3 is 2.80 bits per heavy atom. The van der Waals surface area contributed by atoms with E-state index in [-0.39, 0.29) is 22.4 Å². The van der Waals surface area contributed by atoms with Crippen LogP contribution in [0.5, 0.6) is 0 Å². The molecule has 4 nitrogen and oxygen atoms in total. The Balaban J connectivity index is 2.27. The fraction of sp³-hybridized carbons (Fsp3) is 0.571. The molecule has 1 saturated carbocycles. The van der Waals surface area contributed by atoms with Crippen molar-refractivity contribution in [3.8, 4) is 0 Å². The number of nitro benzene ring substituents is 1. The first kappa shape index (κ1) is 15.0. The van der Waals surface area contributed by atoms with Crippen LogP contribution in [0.4, 0.5) is 15.8 Å². The smallest absolute Gasteiger partial charge is 0.294 e. The second-order valence-electron chi connectivity index (χ2n) is 5.24. The molecule has 0 spiro atoms. The maximum atomic E-state index is 13.6. The van der Waals surface area contributed by atoms with E-state index in [1.165, 1.54) is 6.42 Å². The molecule has 1 fully saturated rings. The highest BCUT2D eigenvalue weighted by molar-refractivity contribution is 6.31. The number of halogens is 2. The topological polar surface area (TPSA) is 55.2 Å². The van der Waals surface area contributed by atoms with Gasteiger partial charge in [-0.2, -0.15) is 0 Å². The summed E-state index contributed by atoms with van der Waals surface area (Å²) in [6.45, 7) is 2.11. The SMILES string of the molecule is CCC1CCCCC1Nc1cc(F)c(Cl)cc1[N+](=O)[O-]. The van der Waals surface area contributed by atoms with Gasteiger partial charge in [0.15, 0.2) is 0 Å². The van der Waals surface area contributed by atoms with Gasteiger partial charge in [0.05, 0.1) is 9.95 Å². The lowest BCUT2D eigenvalue weighted by Gasteiger charge is -2.32. The summed E-state index contributed by atoms with van der Waals surface area (Å²) in [5.74, 6) is -0.161. The van der Waals surface area contributed by atoms with Gasteiger partial charge in [-0.25, -0.2) is 4.39 Å². The van der Waals surface area contributed by atoms with Gasteiger partial charge in [-0.05, 0) is 18.8 Å². The highest BCUT2D eigenvalue weighted by Crippen LogP contribution is 2.35. The summed E-state index contributed by atoms with van der Waals surface area (Å²) in [5, 5.41) is 14.0. The van der Waals surface area contributed by atoms with Crippen LogP contribution in [0.25, 0.3) is 0 Å². The van der Waals surface area contributed by atoms with Gasteiger partial charge in [-0.15, -0.1) is 0 Å². The molecule has 0 aliphatic heterocycles. The Morgan fingerprint density at radius 1 is 1.45 bits per heavy atom. The van der Waals surface area contributed by atoms with Crippen LogP contribution >= 0.6 is 11.6 Å². The monoisotopic (exact) mass is 300 g/mol. The second kappa shape index (κ2) is 6.39. The molecule has 0 saturated heterocycles. The molecule has 1 N–H and O–H groups in total. The maximum absolute atomic E-state index is 13.6. The molecule has 1 aliphatic carbocycles. The lowest BCUT2D eigenvalue weighted by atomic mass is 9.83. The molecular weight excluding hydrogens is 283 g/mol. The van der Waals surface area contributed by atoms with E-state index in [1.807, 2.05) is 0 Å². The minimum Gasteiger partial charge on any atom is -0.376 e. The number of nitrogens with zero attached hydrogens (tertiary/aromatic N) is 1. The Bertz CT molecular complexity index is 510. The Morgan fingerprint density at radius 2 is 2.15 bits per heavy atom. The normalized spacial score (nSPS) is 22.6. The molecule has 0 radical (unpaired) electrons. The number of hydrogen-bond donors (Lipinski definition) is 1. The molecule has 0 amide bonds. The zero-order valence-electron chi connectivity index (χ0n) is 11.4. The molecule has 0 aromatic heterocycles. The minimum absolute atomic E-state index is 0.160. The highest BCUT2D eigenvalue weighted by atomic mass is 35.5. The van der Waals surface area contributed by atoms with Crippen molar-refractivity contribution in [2.75, 3.05) is 5.32 Å². The molecular formula is C14H18ClFN2O2. The van der Waals surface area contributed by atoms with Crippen LogP contribution in [0, 0.1) is 21.8 Å². The van der Waals surface area contributed by atoms with E-state index in [2.05, 4.69) is 12.2 Å². The fourth-order valence-electron chi connectivity index (χ4n) is 2.89. The van der Waals surface area contributed by atoms with Gasteiger partial charge in [0, 0.05) is 18.2 Å². The van der Waals surface area contributed by atoms with Gasteiger partial charge in [0.2, 0.25) is 0 Å². The van der Waals surface area contributed by atoms with Crippen LogP contribution in [0.2, 0.25) is 5.02 Å². The third-order valence-corrected chi connectivity index (χ3v) is 4.30. The van der Waals surface area contributed by atoms with Crippen molar-refractivity contribution in [1.82, 2.24) is 0 Å². The van der Waals surface area contributed by atoms with E-state index >= 15 is 0 Å². The van der Waals surface area contributed by atoms with Crippen LogP contribution in [0.1, 0.15) is 39.0 Å². The van der Waals surface area contributed by atoms with Crippen molar-refractivity contribution in [3.05, 3.63) is 33.1 Å². The molecule has 6 heteroatoms. The third-order valence-electron chi connectivity index (χ3n) is 4.01. The summed E-state index contributed by atoms with van der Waals surface area (Å²) >= 11 is 5.62. The second-order valence-corrected chi connectivity index (χ2v) is 5.65. The van der Waals surface area contributed by atoms with Crippen molar-refractivity contribution in [1.29, 1.82) is 0 Å².